The number of anilines is 2. The minimum absolute atomic E-state index is 0.0956. The van der Waals surface area contributed by atoms with E-state index in [0.717, 1.165) is 11.4 Å². The molecule has 202 valence electrons. The molecule has 0 fully saturated rings. The van der Waals surface area contributed by atoms with Gasteiger partial charge in [-0.25, -0.2) is 9.48 Å². The predicted octanol–water partition coefficient (Wildman–Crippen LogP) is 4.21. The van der Waals surface area contributed by atoms with Gasteiger partial charge in [-0.15, -0.1) is 0 Å². The number of aromatic nitrogens is 2. The van der Waals surface area contributed by atoms with E-state index in [-0.39, 0.29) is 30.8 Å². The molecule has 3 amide bonds. The fourth-order valence-corrected chi connectivity index (χ4v) is 3.44. The maximum absolute atomic E-state index is 13.1. The summed E-state index contributed by atoms with van der Waals surface area (Å²) in [5.41, 5.74) is 1.49. The number of urea groups is 1. The van der Waals surface area contributed by atoms with E-state index in [1.807, 2.05) is 32.9 Å². The smallest absolute Gasteiger partial charge is 0.322 e. The molecule has 12 heteroatoms. The van der Waals surface area contributed by atoms with Crippen LogP contribution in [0.15, 0.2) is 54.6 Å². The summed E-state index contributed by atoms with van der Waals surface area (Å²) in [6.45, 7) is 6.16. The van der Waals surface area contributed by atoms with Crippen LogP contribution in [0.4, 0.5) is 22.0 Å². The van der Waals surface area contributed by atoms with Crippen LogP contribution in [-0.4, -0.2) is 65.5 Å². The fourth-order valence-electron chi connectivity index (χ4n) is 3.44. The third-order valence-electron chi connectivity index (χ3n) is 5.58. The molecule has 3 rings (SSSR count). The second kappa shape index (κ2) is 12.2. The third kappa shape index (κ3) is 7.29. The van der Waals surface area contributed by atoms with Gasteiger partial charge in [0.15, 0.2) is 0 Å². The summed E-state index contributed by atoms with van der Waals surface area (Å²) in [6, 6.07) is 13.9. The van der Waals surface area contributed by atoms with Gasteiger partial charge in [-0.1, -0.05) is 20.8 Å². The molecule has 0 aliphatic rings. The number of nitro groups is 1. The number of methoxy groups -OCH3 is 2. The lowest BCUT2D eigenvalue weighted by molar-refractivity contribution is -0.384. The van der Waals surface area contributed by atoms with E-state index in [2.05, 4.69) is 10.6 Å². The number of amides is 3. The number of carbonyl (C=O) groups is 2. The molecule has 0 aliphatic carbocycles. The Kier molecular flexibility index (Phi) is 9.02. The Morgan fingerprint density at radius 2 is 1.71 bits per heavy atom. The van der Waals surface area contributed by atoms with Crippen LogP contribution in [0, 0.1) is 10.1 Å². The van der Waals surface area contributed by atoms with E-state index in [9.17, 15) is 19.7 Å². The molecule has 3 aromatic rings. The highest BCUT2D eigenvalue weighted by atomic mass is 16.6. The van der Waals surface area contributed by atoms with Crippen molar-refractivity contribution in [1.29, 1.82) is 0 Å². The molecule has 38 heavy (non-hydrogen) atoms. The highest BCUT2D eigenvalue weighted by molar-refractivity contribution is 5.96. The quantitative estimate of drug-likeness (QED) is 0.299. The normalized spacial score (nSPS) is 11.1. The molecule has 0 spiro atoms. The number of rotatable bonds is 10. The standard InChI is InChI=1S/C26H32N6O6/c1-26(2,3)22-16-23(31(29-22)19-10-12-21(38-5)13-11-19)28-24(33)17-30(14-15-37-4)25(34)27-18-6-8-20(9-7-18)32(35)36/h6-13,16H,14-15,17H2,1-5H3,(H,27,34)(H,28,33). The summed E-state index contributed by atoms with van der Waals surface area (Å²) in [4.78, 5) is 37.7. The van der Waals surface area contributed by atoms with Crippen molar-refractivity contribution in [2.45, 2.75) is 26.2 Å². The topological polar surface area (TPSA) is 141 Å². The van der Waals surface area contributed by atoms with Gasteiger partial charge < -0.3 is 25.0 Å². The first-order valence-electron chi connectivity index (χ1n) is 11.9. The van der Waals surface area contributed by atoms with Crippen molar-refractivity contribution in [1.82, 2.24) is 14.7 Å². The summed E-state index contributed by atoms with van der Waals surface area (Å²) < 4.78 is 12.0. The van der Waals surface area contributed by atoms with Gasteiger partial charge >= 0.3 is 6.03 Å². The lowest BCUT2D eigenvalue weighted by atomic mass is 9.92. The third-order valence-corrected chi connectivity index (χ3v) is 5.58. The van der Waals surface area contributed by atoms with Crippen molar-refractivity contribution in [3.05, 3.63) is 70.4 Å². The summed E-state index contributed by atoms with van der Waals surface area (Å²) in [7, 11) is 3.08. The number of ether oxygens (including phenoxy) is 2. The van der Waals surface area contributed by atoms with E-state index < -0.39 is 16.9 Å². The largest absolute Gasteiger partial charge is 0.497 e. The first-order chi connectivity index (χ1) is 18.0. The number of nitrogens with zero attached hydrogens (tertiary/aromatic N) is 4. The van der Waals surface area contributed by atoms with Crippen molar-refractivity contribution in [3.8, 4) is 11.4 Å². The van der Waals surface area contributed by atoms with Crippen LogP contribution >= 0.6 is 0 Å². The summed E-state index contributed by atoms with van der Waals surface area (Å²) in [6.07, 6.45) is 0. The van der Waals surface area contributed by atoms with Crippen molar-refractivity contribution >= 4 is 29.1 Å². The van der Waals surface area contributed by atoms with Crippen molar-refractivity contribution in [2.75, 3.05) is 44.5 Å². The van der Waals surface area contributed by atoms with E-state index in [1.54, 1.807) is 30.0 Å². The summed E-state index contributed by atoms with van der Waals surface area (Å²) >= 11 is 0. The average Bonchev–Trinajstić information content (AvgIpc) is 3.31. The molecule has 0 bridgehead atoms. The van der Waals surface area contributed by atoms with Gasteiger partial charge in [0.05, 0.1) is 30.0 Å². The van der Waals surface area contributed by atoms with Gasteiger partial charge in [0.25, 0.3) is 5.69 Å². The number of hydrogen-bond acceptors (Lipinski definition) is 7. The van der Waals surface area contributed by atoms with Crippen LogP contribution < -0.4 is 15.4 Å². The molecule has 2 N–H and O–H groups in total. The number of carbonyl (C=O) groups excluding carboxylic acids is 2. The molecule has 0 unspecified atom stereocenters. The van der Waals surface area contributed by atoms with E-state index >= 15 is 0 Å². The molecular formula is C26H32N6O6. The first-order valence-corrected chi connectivity index (χ1v) is 11.9. The van der Waals surface area contributed by atoms with Gasteiger partial charge in [-0.3, -0.25) is 14.9 Å². The molecule has 0 radical (unpaired) electrons. The van der Waals surface area contributed by atoms with Crippen LogP contribution in [-0.2, 0) is 14.9 Å². The highest BCUT2D eigenvalue weighted by Gasteiger charge is 2.23. The van der Waals surface area contributed by atoms with Gasteiger partial charge in [0, 0.05) is 43.0 Å². The second-order valence-corrected chi connectivity index (χ2v) is 9.47. The second-order valence-electron chi connectivity index (χ2n) is 9.47. The number of nitrogens with one attached hydrogen (secondary N) is 2. The van der Waals surface area contributed by atoms with Crippen LogP contribution in [0.25, 0.3) is 5.69 Å². The van der Waals surface area contributed by atoms with Crippen LogP contribution in [0.5, 0.6) is 5.75 Å². The molecule has 1 heterocycles. The summed E-state index contributed by atoms with van der Waals surface area (Å²) in [5, 5.41) is 21.1. The number of hydrogen-bond donors (Lipinski definition) is 2. The van der Waals surface area contributed by atoms with Gasteiger partial charge in [-0.2, -0.15) is 5.10 Å². The van der Waals surface area contributed by atoms with Gasteiger partial charge in [0.2, 0.25) is 5.91 Å². The van der Waals surface area contributed by atoms with Crippen LogP contribution in [0.3, 0.4) is 0 Å². The Morgan fingerprint density at radius 3 is 2.26 bits per heavy atom. The maximum Gasteiger partial charge on any atom is 0.322 e. The monoisotopic (exact) mass is 524 g/mol. The molecule has 12 nitrogen and oxygen atoms in total. The number of nitro benzene ring substituents is 1. The molecule has 0 saturated heterocycles. The molecule has 0 atom stereocenters. The van der Waals surface area contributed by atoms with Gasteiger partial charge in [-0.05, 0) is 36.4 Å². The average molecular weight is 525 g/mol. The molecule has 0 saturated carbocycles. The zero-order valence-electron chi connectivity index (χ0n) is 22.1. The molecule has 1 aromatic heterocycles. The zero-order valence-corrected chi connectivity index (χ0v) is 22.1. The molecular weight excluding hydrogens is 492 g/mol. The number of non-ortho nitro benzene ring substituents is 1. The predicted molar refractivity (Wildman–Crippen MR) is 143 cm³/mol. The van der Waals surface area contributed by atoms with E-state index in [4.69, 9.17) is 14.6 Å². The minimum Gasteiger partial charge on any atom is -0.497 e. The maximum atomic E-state index is 13.1. The minimum atomic E-state index is -0.551. The SMILES string of the molecule is COCCN(CC(=O)Nc1cc(C(C)(C)C)nn1-c1ccc(OC)cc1)C(=O)Nc1ccc([N+](=O)[O-])cc1. The summed E-state index contributed by atoms with van der Waals surface area (Å²) in [5.74, 6) is 0.706. The Labute approximate surface area is 220 Å². The zero-order chi connectivity index (χ0) is 27.9. The van der Waals surface area contributed by atoms with Crippen molar-refractivity contribution < 1.29 is 24.0 Å². The Morgan fingerprint density at radius 1 is 1.05 bits per heavy atom. The van der Waals surface area contributed by atoms with Crippen LogP contribution in [0.2, 0.25) is 0 Å². The van der Waals surface area contributed by atoms with E-state index in [1.165, 1.54) is 36.3 Å². The van der Waals surface area contributed by atoms with E-state index in [0.29, 0.717) is 17.3 Å². The fraction of sp³-hybridized carbons (Fsp3) is 0.346. The molecule has 2 aromatic carbocycles. The lowest BCUT2D eigenvalue weighted by Crippen LogP contribution is -2.42. The number of benzene rings is 2. The van der Waals surface area contributed by atoms with Crippen molar-refractivity contribution in [3.63, 3.8) is 0 Å². The molecule has 0 aliphatic heterocycles. The highest BCUT2D eigenvalue weighted by Crippen LogP contribution is 2.27. The Balaban J connectivity index is 1.79. The first kappa shape index (κ1) is 28.1. The van der Waals surface area contributed by atoms with Crippen molar-refractivity contribution in [2.24, 2.45) is 0 Å². The van der Waals surface area contributed by atoms with Crippen LogP contribution in [0.1, 0.15) is 26.5 Å². The van der Waals surface area contributed by atoms with Gasteiger partial charge in [0.1, 0.15) is 18.1 Å². The Hall–Kier alpha value is -4.45. The Bertz CT molecular complexity index is 1260. The lowest BCUT2D eigenvalue weighted by Gasteiger charge is -2.22.